The molecule has 1 amide bonds. The molecule has 86 valence electrons. The lowest BCUT2D eigenvalue weighted by Crippen LogP contribution is -2.33. The fraction of sp³-hybridized carbons (Fsp3) is 0.231. The van der Waals surface area contributed by atoms with Gasteiger partial charge in [0.05, 0.1) is 0 Å². The molecule has 0 fully saturated rings. The number of aromatic amines is 1. The van der Waals surface area contributed by atoms with Crippen LogP contribution < -0.4 is 5.32 Å². The van der Waals surface area contributed by atoms with Crippen LogP contribution >= 0.6 is 0 Å². The first-order valence-corrected chi connectivity index (χ1v) is 5.70. The molecule has 0 spiro atoms. The first-order valence-electron chi connectivity index (χ1n) is 5.70. The van der Waals surface area contributed by atoms with Crippen LogP contribution in [0.25, 0.3) is 0 Å². The Morgan fingerprint density at radius 1 is 1.41 bits per heavy atom. The number of amides is 1. The summed E-state index contributed by atoms with van der Waals surface area (Å²) in [6, 6.07) is 10.0. The Balaban J connectivity index is 1.59. The summed E-state index contributed by atoms with van der Waals surface area (Å²) in [6.07, 6.45) is 2.63. The Hall–Kier alpha value is -2.10. The van der Waals surface area contributed by atoms with Crippen molar-refractivity contribution in [1.82, 2.24) is 15.5 Å². The molecule has 17 heavy (non-hydrogen) atoms. The molecular formula is C13H13N3O. The van der Waals surface area contributed by atoms with Gasteiger partial charge in [-0.3, -0.25) is 9.89 Å². The maximum atomic E-state index is 11.7. The highest BCUT2D eigenvalue weighted by molar-refractivity contribution is 5.92. The summed E-state index contributed by atoms with van der Waals surface area (Å²) in [5.41, 5.74) is 3.27. The van der Waals surface area contributed by atoms with Gasteiger partial charge in [-0.05, 0) is 23.6 Å². The summed E-state index contributed by atoms with van der Waals surface area (Å²) >= 11 is 0. The third kappa shape index (κ3) is 1.82. The predicted octanol–water partition coefficient (Wildman–Crippen LogP) is 1.48. The molecule has 4 nitrogen and oxygen atoms in total. The second-order valence-electron chi connectivity index (χ2n) is 4.28. The van der Waals surface area contributed by atoms with Gasteiger partial charge in [-0.2, -0.15) is 5.10 Å². The normalized spacial score (nSPS) is 17.1. The number of aromatic nitrogens is 2. The molecule has 1 aliphatic rings. The molecule has 1 aliphatic carbocycles. The van der Waals surface area contributed by atoms with Crippen molar-refractivity contribution in [3.8, 4) is 0 Å². The molecule has 1 heterocycles. The van der Waals surface area contributed by atoms with E-state index in [-0.39, 0.29) is 5.91 Å². The van der Waals surface area contributed by atoms with Crippen LogP contribution in [0, 0.1) is 0 Å². The minimum absolute atomic E-state index is 0.0909. The zero-order chi connectivity index (χ0) is 11.7. The summed E-state index contributed by atoms with van der Waals surface area (Å²) in [4.78, 5) is 11.7. The van der Waals surface area contributed by atoms with Gasteiger partial charge < -0.3 is 5.32 Å². The van der Waals surface area contributed by atoms with Gasteiger partial charge in [0, 0.05) is 18.7 Å². The SMILES string of the molecule is O=C(NCC1Cc2ccccc21)c1ccn[nH]1. The number of hydrogen-bond donors (Lipinski definition) is 2. The number of fused-ring (bicyclic) bond motifs is 1. The topological polar surface area (TPSA) is 57.8 Å². The van der Waals surface area contributed by atoms with E-state index in [2.05, 4.69) is 33.7 Å². The van der Waals surface area contributed by atoms with Crippen molar-refractivity contribution in [3.63, 3.8) is 0 Å². The number of nitrogens with one attached hydrogen (secondary N) is 2. The largest absolute Gasteiger partial charge is 0.350 e. The zero-order valence-corrected chi connectivity index (χ0v) is 9.31. The first kappa shape index (κ1) is 10.1. The van der Waals surface area contributed by atoms with Crippen LogP contribution in [-0.4, -0.2) is 22.6 Å². The Morgan fingerprint density at radius 2 is 2.29 bits per heavy atom. The minimum Gasteiger partial charge on any atom is -0.350 e. The van der Waals surface area contributed by atoms with E-state index in [9.17, 15) is 4.79 Å². The lowest BCUT2D eigenvalue weighted by Gasteiger charge is -2.30. The van der Waals surface area contributed by atoms with Gasteiger partial charge in [0.15, 0.2) is 0 Å². The van der Waals surface area contributed by atoms with Crippen LogP contribution in [0.2, 0.25) is 0 Å². The summed E-state index contributed by atoms with van der Waals surface area (Å²) in [6.45, 7) is 0.689. The molecule has 2 N–H and O–H groups in total. The molecule has 0 radical (unpaired) electrons. The monoisotopic (exact) mass is 227 g/mol. The number of carbonyl (C=O) groups excluding carboxylic acids is 1. The molecule has 0 bridgehead atoms. The van der Waals surface area contributed by atoms with Crippen molar-refractivity contribution >= 4 is 5.91 Å². The Labute approximate surface area is 99.1 Å². The van der Waals surface area contributed by atoms with Crippen molar-refractivity contribution in [2.24, 2.45) is 0 Å². The zero-order valence-electron chi connectivity index (χ0n) is 9.31. The van der Waals surface area contributed by atoms with Crippen LogP contribution in [0.1, 0.15) is 27.5 Å². The highest BCUT2D eigenvalue weighted by atomic mass is 16.1. The summed E-state index contributed by atoms with van der Waals surface area (Å²) in [7, 11) is 0. The molecule has 1 unspecified atom stereocenters. The summed E-state index contributed by atoms with van der Waals surface area (Å²) in [5.74, 6) is 0.366. The molecule has 1 atom stereocenters. The second kappa shape index (κ2) is 4.05. The quantitative estimate of drug-likeness (QED) is 0.834. The van der Waals surface area contributed by atoms with Crippen LogP contribution in [0.3, 0.4) is 0 Å². The Morgan fingerprint density at radius 3 is 3.06 bits per heavy atom. The van der Waals surface area contributed by atoms with Gasteiger partial charge in [-0.25, -0.2) is 0 Å². The average molecular weight is 227 g/mol. The molecule has 1 aromatic heterocycles. The van der Waals surface area contributed by atoms with Crippen LogP contribution in [-0.2, 0) is 6.42 Å². The number of H-pyrrole nitrogens is 1. The van der Waals surface area contributed by atoms with Gasteiger partial charge in [-0.15, -0.1) is 0 Å². The summed E-state index contributed by atoms with van der Waals surface area (Å²) < 4.78 is 0. The van der Waals surface area contributed by atoms with E-state index in [1.54, 1.807) is 12.3 Å². The van der Waals surface area contributed by atoms with Crippen molar-refractivity contribution in [1.29, 1.82) is 0 Å². The van der Waals surface area contributed by atoms with Crippen LogP contribution in [0.15, 0.2) is 36.5 Å². The van der Waals surface area contributed by atoms with Gasteiger partial charge in [-0.1, -0.05) is 24.3 Å². The molecule has 0 aliphatic heterocycles. The average Bonchev–Trinajstić information content (AvgIpc) is 2.83. The van der Waals surface area contributed by atoms with E-state index >= 15 is 0 Å². The van der Waals surface area contributed by atoms with E-state index in [1.807, 2.05) is 6.07 Å². The van der Waals surface area contributed by atoms with E-state index in [1.165, 1.54) is 11.1 Å². The molecule has 0 saturated heterocycles. The molecule has 1 aromatic carbocycles. The lowest BCUT2D eigenvalue weighted by molar-refractivity contribution is 0.0945. The minimum atomic E-state index is -0.0909. The molecule has 4 heteroatoms. The third-order valence-electron chi connectivity index (χ3n) is 3.22. The van der Waals surface area contributed by atoms with Crippen molar-refractivity contribution in [2.45, 2.75) is 12.3 Å². The van der Waals surface area contributed by atoms with Crippen molar-refractivity contribution in [3.05, 3.63) is 53.3 Å². The second-order valence-corrected chi connectivity index (χ2v) is 4.28. The highest BCUT2D eigenvalue weighted by Gasteiger charge is 2.25. The van der Waals surface area contributed by atoms with Crippen molar-refractivity contribution < 1.29 is 4.79 Å². The summed E-state index contributed by atoms with van der Waals surface area (Å²) in [5, 5.41) is 9.33. The van der Waals surface area contributed by atoms with Gasteiger partial charge >= 0.3 is 0 Å². The third-order valence-corrected chi connectivity index (χ3v) is 3.22. The maximum Gasteiger partial charge on any atom is 0.269 e. The number of rotatable bonds is 3. The van der Waals surface area contributed by atoms with Crippen LogP contribution in [0.5, 0.6) is 0 Å². The van der Waals surface area contributed by atoms with E-state index in [0.29, 0.717) is 18.2 Å². The van der Waals surface area contributed by atoms with Crippen LogP contribution in [0.4, 0.5) is 0 Å². The fourth-order valence-electron chi connectivity index (χ4n) is 2.24. The standard InChI is InChI=1S/C13H13N3O/c17-13(12-5-6-15-16-12)14-8-10-7-9-3-1-2-4-11(9)10/h1-6,10H,7-8H2,(H,14,17)(H,15,16). The van der Waals surface area contributed by atoms with E-state index in [0.717, 1.165) is 6.42 Å². The maximum absolute atomic E-state index is 11.7. The number of hydrogen-bond acceptors (Lipinski definition) is 2. The van der Waals surface area contributed by atoms with Gasteiger partial charge in [0.2, 0.25) is 0 Å². The fourth-order valence-corrected chi connectivity index (χ4v) is 2.24. The van der Waals surface area contributed by atoms with E-state index < -0.39 is 0 Å². The van der Waals surface area contributed by atoms with E-state index in [4.69, 9.17) is 0 Å². The molecular weight excluding hydrogens is 214 g/mol. The molecule has 2 aromatic rings. The first-order chi connectivity index (χ1) is 8.34. The smallest absolute Gasteiger partial charge is 0.269 e. The number of carbonyl (C=O) groups is 1. The Kier molecular flexibility index (Phi) is 2.40. The highest BCUT2D eigenvalue weighted by Crippen LogP contribution is 2.33. The molecule has 3 rings (SSSR count). The number of benzene rings is 1. The lowest BCUT2D eigenvalue weighted by atomic mass is 9.77. The number of nitrogens with zero attached hydrogens (tertiary/aromatic N) is 1. The molecule has 0 saturated carbocycles. The van der Waals surface area contributed by atoms with Gasteiger partial charge in [0.25, 0.3) is 5.91 Å². The predicted molar refractivity (Wildman–Crippen MR) is 63.8 cm³/mol. The van der Waals surface area contributed by atoms with Gasteiger partial charge in [0.1, 0.15) is 5.69 Å². The Bertz CT molecular complexity index is 533. The van der Waals surface area contributed by atoms with Crippen molar-refractivity contribution in [2.75, 3.05) is 6.54 Å².